The van der Waals surface area contributed by atoms with Gasteiger partial charge >= 0.3 is 0 Å². The number of piperazine rings is 1. The Kier molecular flexibility index (Phi) is 4.95. The zero-order chi connectivity index (χ0) is 17.1. The highest BCUT2D eigenvalue weighted by Gasteiger charge is 2.36. The van der Waals surface area contributed by atoms with E-state index in [-0.39, 0.29) is 0 Å². The average molecular weight is 344 g/mol. The minimum Gasteiger partial charge on any atom is -0.469 e. The molecular weight excluding hydrogens is 316 g/mol. The Morgan fingerprint density at radius 1 is 1.28 bits per heavy atom. The number of nitrogens with one attached hydrogen (secondary N) is 1. The SMILES string of the molecule is O=C1CCC2CN(C(=NCCc3ccco3)NC3CCCC3)CCN12. The zero-order valence-corrected chi connectivity index (χ0v) is 14.8. The Morgan fingerprint density at radius 2 is 2.16 bits per heavy atom. The fourth-order valence-corrected chi connectivity index (χ4v) is 4.27. The van der Waals surface area contributed by atoms with Crippen LogP contribution in [0.1, 0.15) is 44.3 Å². The van der Waals surface area contributed by atoms with Crippen LogP contribution in [0.5, 0.6) is 0 Å². The van der Waals surface area contributed by atoms with E-state index in [4.69, 9.17) is 9.41 Å². The summed E-state index contributed by atoms with van der Waals surface area (Å²) in [6, 6.07) is 4.84. The topological polar surface area (TPSA) is 61.1 Å². The number of carbonyl (C=O) groups excluding carboxylic acids is 1. The quantitative estimate of drug-likeness (QED) is 0.670. The lowest BCUT2D eigenvalue weighted by atomic mass is 10.1. The first-order valence-corrected chi connectivity index (χ1v) is 9.67. The van der Waals surface area contributed by atoms with Crippen LogP contribution in [0.15, 0.2) is 27.8 Å². The summed E-state index contributed by atoms with van der Waals surface area (Å²) in [5, 5.41) is 3.70. The third kappa shape index (κ3) is 3.83. The van der Waals surface area contributed by atoms with Crippen LogP contribution in [0, 0.1) is 0 Å². The minimum absolute atomic E-state index is 0.324. The summed E-state index contributed by atoms with van der Waals surface area (Å²) < 4.78 is 5.42. The molecular formula is C19H28N4O2. The predicted octanol–water partition coefficient (Wildman–Crippen LogP) is 2.02. The van der Waals surface area contributed by atoms with Crippen LogP contribution >= 0.6 is 0 Å². The van der Waals surface area contributed by atoms with E-state index in [2.05, 4.69) is 15.1 Å². The van der Waals surface area contributed by atoms with Gasteiger partial charge in [0, 0.05) is 51.1 Å². The standard InChI is InChI=1S/C19H28N4O2/c24-18-8-7-16-14-22(11-12-23(16)18)19(21-15-4-1-2-5-15)20-10-9-17-6-3-13-25-17/h3,6,13,15-16H,1-2,4-5,7-12,14H2,(H,20,21). The van der Waals surface area contributed by atoms with E-state index in [9.17, 15) is 4.79 Å². The van der Waals surface area contributed by atoms with E-state index in [0.717, 1.165) is 50.7 Å². The maximum absolute atomic E-state index is 11.9. The van der Waals surface area contributed by atoms with Crippen molar-refractivity contribution in [2.75, 3.05) is 26.2 Å². The van der Waals surface area contributed by atoms with Gasteiger partial charge in [-0.15, -0.1) is 0 Å². The third-order valence-electron chi connectivity index (χ3n) is 5.68. The monoisotopic (exact) mass is 344 g/mol. The highest BCUT2D eigenvalue weighted by atomic mass is 16.3. The fraction of sp³-hybridized carbons (Fsp3) is 0.684. The molecule has 4 rings (SSSR count). The Hall–Kier alpha value is -1.98. The van der Waals surface area contributed by atoms with E-state index in [0.29, 0.717) is 24.4 Å². The molecule has 1 amide bonds. The van der Waals surface area contributed by atoms with Gasteiger partial charge in [-0.25, -0.2) is 0 Å². The van der Waals surface area contributed by atoms with Gasteiger partial charge in [-0.1, -0.05) is 12.8 Å². The van der Waals surface area contributed by atoms with Gasteiger partial charge in [-0.05, 0) is 31.4 Å². The molecule has 0 aromatic carbocycles. The summed E-state index contributed by atoms with van der Waals surface area (Å²) in [4.78, 5) is 21.2. The largest absolute Gasteiger partial charge is 0.469 e. The van der Waals surface area contributed by atoms with E-state index >= 15 is 0 Å². The molecule has 6 nitrogen and oxygen atoms in total. The van der Waals surface area contributed by atoms with Gasteiger partial charge in [0.2, 0.25) is 5.91 Å². The van der Waals surface area contributed by atoms with Crippen molar-refractivity contribution in [3.8, 4) is 0 Å². The zero-order valence-electron chi connectivity index (χ0n) is 14.8. The molecule has 1 N–H and O–H groups in total. The Labute approximate surface area is 149 Å². The van der Waals surface area contributed by atoms with Gasteiger partial charge in [0.05, 0.1) is 6.26 Å². The second-order valence-electron chi connectivity index (χ2n) is 7.39. The Balaban J connectivity index is 1.41. The van der Waals surface area contributed by atoms with E-state index in [1.165, 1.54) is 25.7 Å². The Bertz CT molecular complexity index is 607. The number of carbonyl (C=O) groups is 1. The molecule has 3 aliphatic rings. The number of hydrogen-bond acceptors (Lipinski definition) is 3. The number of amides is 1. The molecule has 1 aliphatic carbocycles. The highest BCUT2D eigenvalue weighted by Crippen LogP contribution is 2.23. The summed E-state index contributed by atoms with van der Waals surface area (Å²) in [6.45, 7) is 3.34. The third-order valence-corrected chi connectivity index (χ3v) is 5.68. The maximum atomic E-state index is 11.9. The molecule has 1 aromatic heterocycles. The first kappa shape index (κ1) is 16.5. The van der Waals surface area contributed by atoms with Gasteiger partial charge in [-0.2, -0.15) is 0 Å². The van der Waals surface area contributed by atoms with Crippen molar-refractivity contribution in [3.05, 3.63) is 24.2 Å². The second-order valence-corrected chi connectivity index (χ2v) is 7.39. The molecule has 3 fully saturated rings. The fourth-order valence-electron chi connectivity index (χ4n) is 4.27. The molecule has 1 atom stereocenters. The molecule has 1 saturated carbocycles. The van der Waals surface area contributed by atoms with Gasteiger partial charge in [0.25, 0.3) is 0 Å². The molecule has 2 saturated heterocycles. The molecule has 1 unspecified atom stereocenters. The molecule has 0 radical (unpaired) electrons. The minimum atomic E-state index is 0.324. The molecule has 2 aliphatic heterocycles. The molecule has 1 aromatic rings. The summed E-state index contributed by atoms with van der Waals surface area (Å²) in [5.41, 5.74) is 0. The van der Waals surface area contributed by atoms with Crippen LogP contribution < -0.4 is 5.32 Å². The van der Waals surface area contributed by atoms with Crippen LogP contribution in [0.25, 0.3) is 0 Å². The molecule has 3 heterocycles. The number of hydrogen-bond donors (Lipinski definition) is 1. The van der Waals surface area contributed by atoms with Crippen LogP contribution in [0.4, 0.5) is 0 Å². The van der Waals surface area contributed by atoms with Crippen molar-refractivity contribution in [3.63, 3.8) is 0 Å². The molecule has 0 spiro atoms. The maximum Gasteiger partial charge on any atom is 0.223 e. The van der Waals surface area contributed by atoms with Gasteiger partial charge < -0.3 is 19.5 Å². The second kappa shape index (κ2) is 7.50. The molecule has 25 heavy (non-hydrogen) atoms. The lowest BCUT2D eigenvalue weighted by molar-refractivity contribution is -0.130. The normalized spacial score (nSPS) is 24.9. The number of furan rings is 1. The van der Waals surface area contributed by atoms with Crippen molar-refractivity contribution in [2.24, 2.45) is 4.99 Å². The number of nitrogens with zero attached hydrogens (tertiary/aromatic N) is 3. The number of aliphatic imine (C=N–C) groups is 1. The first-order chi connectivity index (χ1) is 12.3. The lowest BCUT2D eigenvalue weighted by Crippen LogP contribution is -2.57. The van der Waals surface area contributed by atoms with Gasteiger partial charge in [0.1, 0.15) is 5.76 Å². The summed E-state index contributed by atoms with van der Waals surface area (Å²) in [6.07, 6.45) is 9.32. The van der Waals surface area contributed by atoms with Crippen molar-refractivity contribution >= 4 is 11.9 Å². The summed E-state index contributed by atoms with van der Waals surface area (Å²) >= 11 is 0. The lowest BCUT2D eigenvalue weighted by Gasteiger charge is -2.39. The van der Waals surface area contributed by atoms with E-state index in [1.807, 2.05) is 12.1 Å². The first-order valence-electron chi connectivity index (χ1n) is 9.67. The highest BCUT2D eigenvalue weighted by molar-refractivity contribution is 5.82. The molecule has 6 heteroatoms. The van der Waals surface area contributed by atoms with E-state index < -0.39 is 0 Å². The number of rotatable bonds is 4. The van der Waals surface area contributed by atoms with Crippen molar-refractivity contribution in [1.82, 2.24) is 15.1 Å². The Morgan fingerprint density at radius 3 is 2.96 bits per heavy atom. The molecule has 0 bridgehead atoms. The van der Waals surface area contributed by atoms with Crippen molar-refractivity contribution in [2.45, 2.75) is 57.0 Å². The van der Waals surface area contributed by atoms with Crippen LogP contribution in [0.3, 0.4) is 0 Å². The van der Waals surface area contributed by atoms with Crippen molar-refractivity contribution in [1.29, 1.82) is 0 Å². The van der Waals surface area contributed by atoms with Crippen LogP contribution in [0.2, 0.25) is 0 Å². The van der Waals surface area contributed by atoms with Crippen LogP contribution in [-0.2, 0) is 11.2 Å². The van der Waals surface area contributed by atoms with Gasteiger partial charge in [-0.3, -0.25) is 9.79 Å². The summed E-state index contributed by atoms with van der Waals surface area (Å²) in [5.74, 6) is 2.33. The average Bonchev–Trinajstić information content (AvgIpc) is 3.37. The van der Waals surface area contributed by atoms with Crippen LogP contribution in [-0.4, -0.2) is 59.9 Å². The smallest absolute Gasteiger partial charge is 0.223 e. The van der Waals surface area contributed by atoms with Gasteiger partial charge in [0.15, 0.2) is 5.96 Å². The summed E-state index contributed by atoms with van der Waals surface area (Å²) in [7, 11) is 0. The number of fused-ring (bicyclic) bond motifs is 1. The molecule has 136 valence electrons. The van der Waals surface area contributed by atoms with Crippen molar-refractivity contribution < 1.29 is 9.21 Å². The number of guanidine groups is 1. The predicted molar refractivity (Wildman–Crippen MR) is 96.4 cm³/mol. The van der Waals surface area contributed by atoms with E-state index in [1.54, 1.807) is 6.26 Å².